The van der Waals surface area contributed by atoms with Crippen LogP contribution in [0.1, 0.15) is 25.0 Å². The van der Waals surface area contributed by atoms with E-state index in [-0.39, 0.29) is 22.2 Å². The minimum Gasteiger partial charge on any atom is -0.477 e. The highest BCUT2D eigenvalue weighted by Crippen LogP contribution is 2.43. The number of piperidine rings is 3. The van der Waals surface area contributed by atoms with Gasteiger partial charge in [-0.3, -0.25) is 14.5 Å². The van der Waals surface area contributed by atoms with Gasteiger partial charge in [0.25, 0.3) is 11.8 Å². The largest absolute Gasteiger partial charge is 0.477 e. The molecule has 0 unspecified atom stereocenters. The Morgan fingerprint density at radius 1 is 1.37 bits per heavy atom. The van der Waals surface area contributed by atoms with Gasteiger partial charge in [0.15, 0.2) is 10.8 Å². The summed E-state index contributed by atoms with van der Waals surface area (Å²) in [5.74, 6) is -1.83. The molecule has 4 saturated heterocycles. The summed E-state index contributed by atoms with van der Waals surface area (Å²) in [5, 5.41) is 28.2. The smallest absolute Gasteiger partial charge is 0.352 e. The van der Waals surface area contributed by atoms with E-state index >= 15 is 0 Å². The number of carbonyl (C=O) groups is 3. The fourth-order valence-electron chi connectivity index (χ4n) is 5.39. The van der Waals surface area contributed by atoms with Gasteiger partial charge in [0.05, 0.1) is 25.2 Å². The van der Waals surface area contributed by atoms with Crippen molar-refractivity contribution in [3.05, 3.63) is 22.3 Å². The first-order valence-electron chi connectivity index (χ1n) is 11.3. The second-order valence-corrected chi connectivity index (χ2v) is 11.5. The number of nitrogen functional groups attached to an aromatic ring is 1. The molecule has 0 aliphatic carbocycles. The van der Waals surface area contributed by atoms with E-state index in [0.717, 1.165) is 41.0 Å². The topological polar surface area (TPSA) is 167 Å². The number of anilines is 1. The van der Waals surface area contributed by atoms with Crippen molar-refractivity contribution in [2.45, 2.75) is 36.3 Å². The number of amides is 2. The Morgan fingerprint density at radius 3 is 2.63 bits per heavy atom. The molecule has 2 amide bonds. The normalized spacial score (nSPS) is 32.2. The highest BCUT2D eigenvalue weighted by Gasteiger charge is 2.56. The first-order valence-corrected chi connectivity index (χ1v) is 13.2. The molecule has 1 aromatic rings. The predicted molar refractivity (Wildman–Crippen MR) is 128 cm³/mol. The summed E-state index contributed by atoms with van der Waals surface area (Å²) in [5.41, 5.74) is 5.92. The molecule has 12 nitrogen and oxygen atoms in total. The van der Waals surface area contributed by atoms with Gasteiger partial charge in [-0.2, -0.15) is 0 Å². The number of quaternary nitrogens is 1. The van der Waals surface area contributed by atoms with Gasteiger partial charge in [-0.1, -0.05) is 5.16 Å². The number of fused-ring (bicyclic) bond motifs is 4. The van der Waals surface area contributed by atoms with Crippen molar-refractivity contribution in [3.63, 3.8) is 0 Å². The molecule has 2 atom stereocenters. The maximum absolute atomic E-state index is 13.1. The molecule has 0 saturated carbocycles. The monoisotopic (exact) mass is 523 g/mol. The molecule has 5 aliphatic rings. The maximum atomic E-state index is 13.1. The number of aliphatic hydroxyl groups is 1. The third kappa shape index (κ3) is 4.17. The SMILES string of the molecule is CO/N=C(\C(=O)N[C@@H]1C(=O)N2C(C(=O)O)=C(C[N+]34CCC(O)(CC3)CC4)CS[C@H]12)c1csc(N)n1. The van der Waals surface area contributed by atoms with E-state index in [2.05, 4.69) is 15.5 Å². The molecule has 5 N–H and O–H groups in total. The van der Waals surface area contributed by atoms with E-state index in [4.69, 9.17) is 10.6 Å². The van der Waals surface area contributed by atoms with E-state index in [1.807, 2.05) is 0 Å². The summed E-state index contributed by atoms with van der Waals surface area (Å²) in [6, 6.07) is -0.895. The number of thioether (sulfide) groups is 1. The highest BCUT2D eigenvalue weighted by molar-refractivity contribution is 8.00. The fourth-order valence-corrected chi connectivity index (χ4v) is 7.28. The predicted octanol–water partition coefficient (Wildman–Crippen LogP) is -0.440. The second kappa shape index (κ2) is 8.76. The molecule has 2 bridgehead atoms. The number of carboxylic acids is 1. The number of oxime groups is 1. The van der Waals surface area contributed by atoms with Crippen molar-refractivity contribution in [3.8, 4) is 0 Å². The zero-order chi connectivity index (χ0) is 25.0. The maximum Gasteiger partial charge on any atom is 0.352 e. The van der Waals surface area contributed by atoms with Crippen LogP contribution in [0.3, 0.4) is 0 Å². The van der Waals surface area contributed by atoms with Crippen molar-refractivity contribution in [1.29, 1.82) is 0 Å². The van der Waals surface area contributed by atoms with E-state index in [1.54, 1.807) is 5.38 Å². The molecule has 6 rings (SSSR count). The summed E-state index contributed by atoms with van der Waals surface area (Å²) in [4.78, 5) is 48.3. The van der Waals surface area contributed by atoms with Crippen LogP contribution in [0.15, 0.2) is 21.8 Å². The Balaban J connectivity index is 1.33. The zero-order valence-corrected chi connectivity index (χ0v) is 20.7. The Kier molecular flexibility index (Phi) is 6.02. The third-order valence-corrected chi connectivity index (χ3v) is 9.39. The molecule has 188 valence electrons. The van der Waals surface area contributed by atoms with Gasteiger partial charge in [-0.15, -0.1) is 23.1 Å². The van der Waals surface area contributed by atoms with Gasteiger partial charge in [0.2, 0.25) is 0 Å². The lowest BCUT2D eigenvalue weighted by atomic mass is 9.81. The number of nitrogens with zero attached hydrogens (tertiary/aromatic N) is 4. The molecule has 6 heterocycles. The van der Waals surface area contributed by atoms with Crippen LogP contribution in [0.2, 0.25) is 0 Å². The number of rotatable bonds is 7. The van der Waals surface area contributed by atoms with Crippen LogP contribution >= 0.6 is 23.1 Å². The first kappa shape index (κ1) is 24.0. The Bertz CT molecular complexity index is 1120. The Labute approximate surface area is 209 Å². The molecule has 0 aromatic carbocycles. The molecular formula is C21H27N6O6S2+. The fraction of sp³-hybridized carbons (Fsp3) is 0.571. The van der Waals surface area contributed by atoms with Gasteiger partial charge < -0.3 is 30.6 Å². The molecule has 14 heteroatoms. The van der Waals surface area contributed by atoms with Gasteiger partial charge >= 0.3 is 5.97 Å². The van der Waals surface area contributed by atoms with E-state index in [1.165, 1.54) is 23.8 Å². The second-order valence-electron chi connectivity index (χ2n) is 9.46. The van der Waals surface area contributed by atoms with Gasteiger partial charge in [-0.05, 0) is 0 Å². The summed E-state index contributed by atoms with van der Waals surface area (Å²) in [6.07, 6.45) is 2.14. The van der Waals surface area contributed by atoms with Crippen molar-refractivity contribution in [2.24, 2.45) is 5.16 Å². The van der Waals surface area contributed by atoms with Gasteiger partial charge in [0.1, 0.15) is 36.5 Å². The van der Waals surface area contributed by atoms with Crippen LogP contribution in [0.5, 0.6) is 0 Å². The highest BCUT2D eigenvalue weighted by atomic mass is 32.2. The Morgan fingerprint density at radius 2 is 2.06 bits per heavy atom. The number of hydrogen-bond donors (Lipinski definition) is 4. The number of aliphatic carboxylic acids is 1. The average Bonchev–Trinajstić information content (AvgIpc) is 3.27. The molecule has 4 fully saturated rings. The zero-order valence-electron chi connectivity index (χ0n) is 19.1. The Hall–Kier alpha value is -2.68. The van der Waals surface area contributed by atoms with Crippen molar-refractivity contribution in [1.82, 2.24) is 15.2 Å². The third-order valence-electron chi connectivity index (χ3n) is 7.38. The quantitative estimate of drug-likeness (QED) is 0.160. The van der Waals surface area contributed by atoms with Crippen molar-refractivity contribution >= 4 is 51.7 Å². The molecule has 0 spiro atoms. The first-order chi connectivity index (χ1) is 16.7. The number of carboxylic acid groups (broad SMARTS) is 1. The number of β-lactam (4-membered cyclic amide) rings is 1. The van der Waals surface area contributed by atoms with E-state index < -0.39 is 34.8 Å². The number of hydrogen-bond acceptors (Lipinski definition) is 10. The van der Waals surface area contributed by atoms with Crippen LogP contribution in [0, 0.1) is 0 Å². The molecule has 5 aliphatic heterocycles. The van der Waals surface area contributed by atoms with Crippen LogP contribution < -0.4 is 11.1 Å². The summed E-state index contributed by atoms with van der Waals surface area (Å²) in [7, 11) is 1.29. The average molecular weight is 524 g/mol. The van der Waals surface area contributed by atoms with E-state index in [0.29, 0.717) is 31.6 Å². The number of carbonyl (C=O) groups excluding carboxylic acids is 2. The molecular weight excluding hydrogens is 496 g/mol. The van der Waals surface area contributed by atoms with Gasteiger partial charge in [-0.25, -0.2) is 9.78 Å². The van der Waals surface area contributed by atoms with Crippen LogP contribution in [-0.2, 0) is 19.2 Å². The van der Waals surface area contributed by atoms with Crippen LogP contribution in [0.4, 0.5) is 5.13 Å². The molecule has 1 aromatic heterocycles. The van der Waals surface area contributed by atoms with E-state index in [9.17, 15) is 24.6 Å². The minimum absolute atomic E-state index is 0.0150. The number of nitrogens with one attached hydrogen (secondary N) is 1. The molecule has 0 radical (unpaired) electrons. The lowest BCUT2D eigenvalue weighted by Gasteiger charge is -2.54. The number of aromatic nitrogens is 1. The van der Waals surface area contributed by atoms with Crippen molar-refractivity contribution < 1.29 is 33.9 Å². The summed E-state index contributed by atoms with van der Waals surface area (Å²) < 4.78 is 0.745. The van der Waals surface area contributed by atoms with Crippen molar-refractivity contribution in [2.75, 3.05) is 44.8 Å². The molecule has 35 heavy (non-hydrogen) atoms. The van der Waals surface area contributed by atoms with Gasteiger partial charge in [0, 0.05) is 36.0 Å². The summed E-state index contributed by atoms with van der Waals surface area (Å²) in [6.45, 7) is 2.96. The number of nitrogens with two attached hydrogens (primary N) is 1. The lowest BCUT2D eigenvalue weighted by molar-refractivity contribution is -0.940. The minimum atomic E-state index is -1.15. The van der Waals surface area contributed by atoms with Crippen LogP contribution in [-0.4, -0.2) is 104 Å². The number of thiazole rings is 1. The standard InChI is InChI=1S/C21H26N6O6S2/c1-33-25-13(12-10-35-20(22)23-12)16(28)24-14-17(29)26-15(19(30)31)11(9-34-18(14)26)8-27-5-2-21(32,3-6-27)4-7-27/h10,14,18,32H,2-9H2,1H3,(H3-,22,23,24,28,30,31)/p+1/b25-13-/t14-,18-,21?,27?/m1/s1. The van der Waals surface area contributed by atoms with Crippen LogP contribution in [0.25, 0.3) is 0 Å². The lowest BCUT2D eigenvalue weighted by Crippen LogP contribution is -2.71. The summed E-state index contributed by atoms with van der Waals surface area (Å²) >= 11 is 2.58.